The molecular weight excluding hydrogens is 703 g/mol. The molecule has 0 amide bonds. The normalized spacial score (nSPS) is 12.1. The minimum atomic E-state index is -4.78. The summed E-state index contributed by atoms with van der Waals surface area (Å²) in [5, 5.41) is 39.2. The first-order valence-electron chi connectivity index (χ1n) is 14.0. The van der Waals surface area contributed by atoms with E-state index in [4.69, 9.17) is 0 Å². The molecule has 0 heterocycles. The molecule has 0 saturated heterocycles. The van der Waals surface area contributed by atoms with E-state index >= 15 is 0 Å². The van der Waals surface area contributed by atoms with E-state index in [-0.39, 0.29) is 93.1 Å². The van der Waals surface area contributed by atoms with Crippen molar-refractivity contribution in [2.75, 3.05) is 0 Å². The molecule has 6 aromatic rings. The van der Waals surface area contributed by atoms with Crippen LogP contribution in [0.1, 0.15) is 11.1 Å². The molecule has 0 saturated carbocycles. The average Bonchev–Trinajstić information content (AvgIpc) is 3.06. The quantitative estimate of drug-likeness (QED) is 0.0521. The molecule has 0 aliphatic rings. The van der Waals surface area contributed by atoms with Crippen LogP contribution >= 0.6 is 0 Å². The van der Waals surface area contributed by atoms with Gasteiger partial charge in [-0.2, -0.15) is 27.1 Å². The van der Waals surface area contributed by atoms with Crippen LogP contribution < -0.4 is 0 Å². The zero-order chi connectivity index (χ0) is 34.1. The van der Waals surface area contributed by atoms with Gasteiger partial charge >= 0.3 is 0 Å². The Hall–Kier alpha value is -3.80. The van der Waals surface area contributed by atoms with Gasteiger partial charge in [0.15, 0.2) is 0 Å². The second kappa shape index (κ2) is 16.0. The van der Waals surface area contributed by atoms with E-state index in [2.05, 4.69) is 20.5 Å². The van der Waals surface area contributed by atoms with Crippen molar-refractivity contribution in [1.29, 1.82) is 0 Å². The fourth-order valence-corrected chi connectivity index (χ4v) is 6.41. The van der Waals surface area contributed by atoms with Gasteiger partial charge in [-0.05, 0) is 59.7 Å². The molecule has 0 bridgehead atoms. The molecule has 0 aliphatic heterocycles. The van der Waals surface area contributed by atoms with E-state index < -0.39 is 30.0 Å². The number of phenolic OH excluding ortho intramolecular Hbond substituents is 2. The molecule has 0 spiro atoms. The van der Waals surface area contributed by atoms with Gasteiger partial charge in [-0.1, -0.05) is 72.8 Å². The topological polar surface area (TPSA) is 199 Å². The van der Waals surface area contributed by atoms with Crippen molar-refractivity contribution in [1.82, 2.24) is 0 Å². The Bertz CT molecular complexity index is 2380. The summed E-state index contributed by atoms with van der Waals surface area (Å²) < 4.78 is 69.2. The van der Waals surface area contributed by atoms with E-state index in [1.54, 1.807) is 60.7 Å². The molecule has 4 N–H and O–H groups in total. The van der Waals surface area contributed by atoms with Gasteiger partial charge in [-0.3, -0.25) is 9.11 Å². The second-order valence-electron chi connectivity index (χ2n) is 10.4. The molecule has 16 heteroatoms. The van der Waals surface area contributed by atoms with E-state index in [1.807, 2.05) is 0 Å². The van der Waals surface area contributed by atoms with E-state index in [0.717, 1.165) is 12.1 Å². The summed E-state index contributed by atoms with van der Waals surface area (Å²) >= 11 is 0. The van der Waals surface area contributed by atoms with Gasteiger partial charge in [-0.25, -0.2) is 0 Å². The number of phenols is 2. The Morgan fingerprint density at radius 2 is 0.820 bits per heavy atom. The summed E-state index contributed by atoms with van der Waals surface area (Å²) in [6.45, 7) is 0. The molecule has 242 valence electrons. The number of hydrogen-bond donors (Lipinski definition) is 4. The van der Waals surface area contributed by atoms with Crippen molar-refractivity contribution in [2.24, 2.45) is 20.5 Å². The second-order valence-corrected chi connectivity index (χ2v) is 13.2. The Kier molecular flexibility index (Phi) is 12.5. The number of benzene rings is 6. The smallest absolute Gasteiger partial charge is 0.295 e. The van der Waals surface area contributed by atoms with Crippen molar-refractivity contribution >= 4 is 136 Å². The molecule has 6 aromatic carbocycles. The van der Waals surface area contributed by atoms with Crippen LogP contribution in [0.15, 0.2) is 139 Å². The zero-order valence-corrected chi connectivity index (χ0v) is 32.2. The van der Waals surface area contributed by atoms with Crippen LogP contribution in [0.25, 0.3) is 33.7 Å². The van der Waals surface area contributed by atoms with Gasteiger partial charge in [-0.15, -0.1) is 10.2 Å². The third-order valence-corrected chi connectivity index (χ3v) is 9.11. The number of nitrogens with zero attached hydrogens (tertiary/aromatic N) is 4. The van der Waals surface area contributed by atoms with Gasteiger partial charge in [0, 0.05) is 80.7 Å². The van der Waals surface area contributed by atoms with Crippen molar-refractivity contribution in [3.63, 3.8) is 0 Å². The first-order chi connectivity index (χ1) is 22.9. The zero-order valence-electron chi connectivity index (χ0n) is 26.6. The first kappa shape index (κ1) is 39.0. The van der Waals surface area contributed by atoms with Crippen LogP contribution in [0.5, 0.6) is 11.5 Å². The molecule has 50 heavy (non-hydrogen) atoms. The third kappa shape index (κ3) is 8.73. The van der Waals surface area contributed by atoms with E-state index in [0.29, 0.717) is 32.9 Å². The fourth-order valence-electron chi connectivity index (χ4n) is 5.00. The SMILES string of the molecule is O=S(=O)(O)c1cc(N=Nc2ccc(O)c3ccccc23)ccc1C=Cc1ccc(N=Nc2ccc(O)c3ccccc23)cc1S(=O)(=O)O.[Na].[Na]. The van der Waals surface area contributed by atoms with Gasteiger partial charge in [0.05, 0.1) is 22.7 Å². The summed E-state index contributed by atoms with van der Waals surface area (Å²) in [5.74, 6) is 0.127. The molecule has 2 radical (unpaired) electrons. The maximum atomic E-state index is 12.3. The molecule has 0 aliphatic carbocycles. The number of aromatic hydroxyl groups is 2. The first-order valence-corrected chi connectivity index (χ1v) is 16.9. The van der Waals surface area contributed by atoms with Crippen molar-refractivity contribution in [2.45, 2.75) is 9.79 Å². The van der Waals surface area contributed by atoms with Gasteiger partial charge in [0.25, 0.3) is 20.2 Å². The van der Waals surface area contributed by atoms with Gasteiger partial charge in [0.1, 0.15) is 21.3 Å². The Morgan fingerprint density at radius 3 is 1.18 bits per heavy atom. The van der Waals surface area contributed by atoms with Crippen LogP contribution in [0, 0.1) is 0 Å². The predicted molar refractivity (Wildman–Crippen MR) is 193 cm³/mol. The summed E-state index contributed by atoms with van der Waals surface area (Å²) in [7, 11) is -9.56. The summed E-state index contributed by atoms with van der Waals surface area (Å²) in [6.07, 6.45) is 2.51. The van der Waals surface area contributed by atoms with Crippen LogP contribution in [0.4, 0.5) is 22.7 Å². The molecule has 0 atom stereocenters. The minimum Gasteiger partial charge on any atom is -0.507 e. The molecule has 0 fully saturated rings. The number of rotatable bonds is 8. The summed E-state index contributed by atoms with van der Waals surface area (Å²) in [5.41, 5.74) is 1.00. The minimum absolute atomic E-state index is 0. The van der Waals surface area contributed by atoms with E-state index in [9.17, 15) is 36.2 Å². The molecule has 12 nitrogen and oxygen atoms in total. The number of hydrogen-bond acceptors (Lipinski definition) is 10. The number of fused-ring (bicyclic) bond motifs is 2. The van der Waals surface area contributed by atoms with E-state index in [1.165, 1.54) is 48.6 Å². The molecule has 0 aromatic heterocycles. The van der Waals surface area contributed by atoms with Crippen molar-refractivity contribution < 1.29 is 36.2 Å². The Balaban J connectivity index is 0.00000281. The number of azo groups is 2. The molecule has 0 unspecified atom stereocenters. The third-order valence-electron chi connectivity index (χ3n) is 7.30. The van der Waals surface area contributed by atoms with Gasteiger partial charge in [0.2, 0.25) is 0 Å². The van der Waals surface area contributed by atoms with Crippen LogP contribution in [-0.4, -0.2) is 95.3 Å². The molecular formula is C34H24N4Na2O8S2. The largest absolute Gasteiger partial charge is 0.507 e. The van der Waals surface area contributed by atoms with Crippen LogP contribution in [0.3, 0.4) is 0 Å². The van der Waals surface area contributed by atoms with Crippen LogP contribution in [0.2, 0.25) is 0 Å². The average molecular weight is 727 g/mol. The van der Waals surface area contributed by atoms with Gasteiger partial charge < -0.3 is 10.2 Å². The fraction of sp³-hybridized carbons (Fsp3) is 0. The molecule has 6 rings (SSSR count). The summed E-state index contributed by atoms with van der Waals surface area (Å²) in [6, 6.07) is 27.8. The Labute approximate surface area is 331 Å². The standard InChI is InChI=1S/C34H24N4O8S2.2Na/c39-31-17-15-29(25-5-1-3-7-27(25)31)37-35-23-13-11-21(33(19-23)47(41,42)43)9-10-22-12-14-24(20-34(22)48(44,45)46)36-38-30-16-18-32(40)28-8-4-2-6-26(28)30;;/h1-20,39-40H,(H,41,42,43)(H,44,45,46);;. The Morgan fingerprint density at radius 1 is 0.460 bits per heavy atom. The monoisotopic (exact) mass is 726 g/mol. The van der Waals surface area contributed by atoms with Crippen molar-refractivity contribution in [3.8, 4) is 11.5 Å². The maximum absolute atomic E-state index is 12.3. The summed E-state index contributed by atoms with van der Waals surface area (Å²) in [4.78, 5) is -1.04. The van der Waals surface area contributed by atoms with Crippen LogP contribution in [-0.2, 0) is 20.2 Å². The maximum Gasteiger partial charge on any atom is 0.295 e. The predicted octanol–water partition coefficient (Wildman–Crippen LogP) is 8.14. The van der Waals surface area contributed by atoms with Crippen molar-refractivity contribution in [3.05, 3.63) is 120 Å².